The zero-order chi connectivity index (χ0) is 25.8. The van der Waals surface area contributed by atoms with Crippen LogP contribution in [0, 0.1) is 6.92 Å². The Labute approximate surface area is 212 Å². The molecule has 1 amide bonds. The van der Waals surface area contributed by atoms with Crippen molar-refractivity contribution in [1.29, 1.82) is 0 Å². The average molecular weight is 507 g/mol. The minimum Gasteiger partial charge on any atom is -0.507 e. The number of rotatable bonds is 8. The SMILES string of the molecule is CCCOc1cccc(/C(O)=C2\C(=O)C(=O)N(c3nc(C)c(C(=O)OCC)s3)C2c2ccccc2)c1. The second-order valence-corrected chi connectivity index (χ2v) is 9.07. The van der Waals surface area contributed by atoms with Crippen molar-refractivity contribution in [3.8, 4) is 5.75 Å². The molecule has 186 valence electrons. The number of amides is 1. The van der Waals surface area contributed by atoms with Gasteiger partial charge in [0.2, 0.25) is 0 Å². The van der Waals surface area contributed by atoms with Crippen molar-refractivity contribution >= 4 is 39.9 Å². The molecule has 36 heavy (non-hydrogen) atoms. The molecule has 1 unspecified atom stereocenters. The molecule has 0 saturated carbocycles. The van der Waals surface area contributed by atoms with Crippen LogP contribution in [0.5, 0.6) is 5.75 Å². The van der Waals surface area contributed by atoms with E-state index in [0.29, 0.717) is 29.2 Å². The maximum atomic E-state index is 13.3. The van der Waals surface area contributed by atoms with E-state index in [1.807, 2.05) is 13.0 Å². The number of ether oxygens (including phenoxy) is 2. The number of hydrogen-bond acceptors (Lipinski definition) is 8. The fourth-order valence-electron chi connectivity index (χ4n) is 3.96. The lowest BCUT2D eigenvalue weighted by atomic mass is 9.95. The smallest absolute Gasteiger partial charge is 0.350 e. The van der Waals surface area contributed by atoms with Crippen LogP contribution in [0.25, 0.3) is 5.76 Å². The van der Waals surface area contributed by atoms with Gasteiger partial charge in [0.1, 0.15) is 16.4 Å². The van der Waals surface area contributed by atoms with E-state index in [1.54, 1.807) is 62.4 Å². The molecule has 4 rings (SSSR count). The van der Waals surface area contributed by atoms with E-state index in [0.717, 1.165) is 17.8 Å². The second-order valence-electron chi connectivity index (χ2n) is 8.09. The molecule has 1 saturated heterocycles. The fourth-order valence-corrected chi connectivity index (χ4v) is 4.95. The van der Waals surface area contributed by atoms with E-state index < -0.39 is 23.7 Å². The number of thiazole rings is 1. The van der Waals surface area contributed by atoms with Gasteiger partial charge in [-0.3, -0.25) is 14.5 Å². The van der Waals surface area contributed by atoms with Gasteiger partial charge in [0.15, 0.2) is 5.13 Å². The van der Waals surface area contributed by atoms with Crippen LogP contribution in [0.15, 0.2) is 60.2 Å². The molecule has 1 atom stereocenters. The molecular formula is C27H26N2O6S. The van der Waals surface area contributed by atoms with Gasteiger partial charge in [-0.2, -0.15) is 0 Å². The number of carbonyl (C=O) groups excluding carboxylic acids is 3. The predicted octanol–water partition coefficient (Wildman–Crippen LogP) is 5.04. The molecule has 0 bridgehead atoms. The number of ketones is 1. The topological polar surface area (TPSA) is 106 Å². The van der Waals surface area contributed by atoms with Crippen LogP contribution >= 0.6 is 11.3 Å². The third kappa shape index (κ3) is 4.74. The molecule has 0 spiro atoms. The summed E-state index contributed by atoms with van der Waals surface area (Å²) in [5.74, 6) is -2.00. The maximum Gasteiger partial charge on any atom is 0.350 e. The highest BCUT2D eigenvalue weighted by atomic mass is 32.1. The average Bonchev–Trinajstić information content (AvgIpc) is 3.40. The zero-order valence-electron chi connectivity index (χ0n) is 20.2. The van der Waals surface area contributed by atoms with E-state index in [9.17, 15) is 19.5 Å². The van der Waals surface area contributed by atoms with Crippen molar-refractivity contribution in [3.05, 3.63) is 81.9 Å². The van der Waals surface area contributed by atoms with Gasteiger partial charge in [0.25, 0.3) is 5.78 Å². The molecule has 0 radical (unpaired) electrons. The van der Waals surface area contributed by atoms with Crippen LogP contribution in [-0.4, -0.2) is 41.0 Å². The standard InChI is InChI=1S/C27H26N2O6S/c1-4-14-35-19-13-9-12-18(15-19)22(30)20-21(17-10-7-6-8-11-17)29(25(32)23(20)31)27-28-16(3)24(36-27)26(33)34-5-2/h6-13,15,21,30H,4-5,14H2,1-3H3/b22-20+. The Morgan fingerprint density at radius 3 is 2.56 bits per heavy atom. The van der Waals surface area contributed by atoms with Crippen molar-refractivity contribution in [2.24, 2.45) is 0 Å². The van der Waals surface area contributed by atoms with Crippen LogP contribution in [0.3, 0.4) is 0 Å². The molecule has 1 fully saturated rings. The Balaban J connectivity index is 1.86. The molecule has 0 aliphatic carbocycles. The first kappa shape index (κ1) is 25.1. The number of aryl methyl sites for hydroxylation is 1. The molecule has 8 nitrogen and oxygen atoms in total. The largest absolute Gasteiger partial charge is 0.507 e. The number of hydrogen-bond donors (Lipinski definition) is 1. The Bertz CT molecular complexity index is 1330. The third-order valence-corrected chi connectivity index (χ3v) is 6.73. The van der Waals surface area contributed by atoms with Crippen LogP contribution < -0.4 is 9.64 Å². The second kappa shape index (κ2) is 10.7. The van der Waals surface area contributed by atoms with Gasteiger partial charge in [-0.05, 0) is 38.0 Å². The van der Waals surface area contributed by atoms with E-state index in [-0.39, 0.29) is 27.9 Å². The maximum absolute atomic E-state index is 13.3. The van der Waals surface area contributed by atoms with Gasteiger partial charge < -0.3 is 14.6 Å². The Morgan fingerprint density at radius 1 is 1.11 bits per heavy atom. The fraction of sp³-hybridized carbons (Fsp3) is 0.259. The van der Waals surface area contributed by atoms with Crippen LogP contribution in [0.1, 0.15) is 52.8 Å². The van der Waals surface area contributed by atoms with Crippen molar-refractivity contribution in [2.75, 3.05) is 18.1 Å². The van der Waals surface area contributed by atoms with Crippen molar-refractivity contribution in [2.45, 2.75) is 33.2 Å². The predicted molar refractivity (Wildman–Crippen MR) is 136 cm³/mol. The molecule has 9 heteroatoms. The highest BCUT2D eigenvalue weighted by Crippen LogP contribution is 2.44. The molecule has 1 aliphatic heterocycles. The molecular weight excluding hydrogens is 480 g/mol. The lowest BCUT2D eigenvalue weighted by molar-refractivity contribution is -0.132. The van der Waals surface area contributed by atoms with Gasteiger partial charge in [0, 0.05) is 5.56 Å². The minimum atomic E-state index is -0.938. The van der Waals surface area contributed by atoms with E-state index in [4.69, 9.17) is 9.47 Å². The molecule has 2 aromatic carbocycles. The van der Waals surface area contributed by atoms with E-state index in [1.165, 1.54) is 4.90 Å². The summed E-state index contributed by atoms with van der Waals surface area (Å²) in [5, 5.41) is 11.5. The number of aliphatic hydroxyl groups excluding tert-OH is 1. The van der Waals surface area contributed by atoms with E-state index in [2.05, 4.69) is 4.98 Å². The Morgan fingerprint density at radius 2 is 1.86 bits per heavy atom. The van der Waals surface area contributed by atoms with Crippen LogP contribution in [0.2, 0.25) is 0 Å². The molecule has 1 N–H and O–H groups in total. The number of benzene rings is 2. The first-order valence-corrected chi connectivity index (χ1v) is 12.4. The van der Waals surface area contributed by atoms with Gasteiger partial charge in [-0.15, -0.1) is 0 Å². The number of carbonyl (C=O) groups is 3. The van der Waals surface area contributed by atoms with Crippen molar-refractivity contribution in [3.63, 3.8) is 0 Å². The first-order chi connectivity index (χ1) is 17.4. The number of nitrogens with zero attached hydrogens (tertiary/aromatic N) is 2. The number of anilines is 1. The molecule has 1 aromatic heterocycles. The third-order valence-electron chi connectivity index (χ3n) is 5.59. The van der Waals surface area contributed by atoms with Gasteiger partial charge >= 0.3 is 11.9 Å². The zero-order valence-corrected chi connectivity index (χ0v) is 21.0. The van der Waals surface area contributed by atoms with Crippen molar-refractivity contribution in [1.82, 2.24) is 4.98 Å². The van der Waals surface area contributed by atoms with Gasteiger partial charge in [-0.25, -0.2) is 9.78 Å². The summed E-state index contributed by atoms with van der Waals surface area (Å²) >= 11 is 0.973. The summed E-state index contributed by atoms with van der Waals surface area (Å²) in [5.41, 5.74) is 1.29. The first-order valence-electron chi connectivity index (χ1n) is 11.6. The van der Waals surface area contributed by atoms with Gasteiger partial charge in [-0.1, -0.05) is 60.7 Å². The van der Waals surface area contributed by atoms with E-state index >= 15 is 0 Å². The number of aromatic nitrogens is 1. The number of esters is 1. The summed E-state index contributed by atoms with van der Waals surface area (Å²) in [6.45, 7) is 6.03. The normalized spacial score (nSPS) is 16.9. The quantitative estimate of drug-likeness (QED) is 0.197. The summed E-state index contributed by atoms with van der Waals surface area (Å²) < 4.78 is 10.8. The monoisotopic (exact) mass is 506 g/mol. The molecule has 3 aromatic rings. The van der Waals surface area contributed by atoms with Crippen LogP contribution in [0.4, 0.5) is 5.13 Å². The molecule has 2 heterocycles. The number of Topliss-reactive ketones (excluding diaryl/α,β-unsaturated/α-hetero) is 1. The Kier molecular flexibility index (Phi) is 7.49. The molecule has 1 aliphatic rings. The summed E-state index contributed by atoms with van der Waals surface area (Å²) in [6.07, 6.45) is 0.816. The van der Waals surface area contributed by atoms with Gasteiger partial charge in [0.05, 0.1) is 30.5 Å². The summed E-state index contributed by atoms with van der Waals surface area (Å²) in [7, 11) is 0. The minimum absolute atomic E-state index is 0.0654. The highest BCUT2D eigenvalue weighted by molar-refractivity contribution is 7.17. The summed E-state index contributed by atoms with van der Waals surface area (Å²) in [6, 6.07) is 14.7. The summed E-state index contributed by atoms with van der Waals surface area (Å²) in [4.78, 5) is 44.9. The lowest BCUT2D eigenvalue weighted by Crippen LogP contribution is -2.29. The highest BCUT2D eigenvalue weighted by Gasteiger charge is 2.48. The van der Waals surface area contributed by atoms with Crippen LogP contribution in [-0.2, 0) is 14.3 Å². The van der Waals surface area contributed by atoms with Crippen molar-refractivity contribution < 1.29 is 29.0 Å². The Hall–Kier alpha value is -3.98. The number of aliphatic hydroxyl groups is 1. The lowest BCUT2D eigenvalue weighted by Gasteiger charge is -2.23.